The first-order valence-corrected chi connectivity index (χ1v) is 8.84. The highest BCUT2D eigenvalue weighted by Gasteiger charge is 2.34. The Bertz CT molecular complexity index is 971. The molecule has 2 atom stereocenters. The lowest BCUT2D eigenvalue weighted by atomic mass is 9.97. The predicted octanol–water partition coefficient (Wildman–Crippen LogP) is 2.74. The van der Waals surface area contributed by atoms with Crippen LogP contribution >= 0.6 is 0 Å². The molecule has 0 fully saturated rings. The maximum Gasteiger partial charge on any atom is 0.342 e. The third-order valence-electron chi connectivity index (χ3n) is 4.57. The van der Waals surface area contributed by atoms with Crippen molar-refractivity contribution in [3.05, 3.63) is 69.8 Å². The number of hydrogen-bond acceptors (Lipinski definition) is 8. The summed E-state index contributed by atoms with van der Waals surface area (Å²) in [7, 11) is 0. The van der Waals surface area contributed by atoms with Crippen molar-refractivity contribution in [1.82, 2.24) is 0 Å². The number of rotatable bonds is 4. The van der Waals surface area contributed by atoms with Crippen LogP contribution in [0.2, 0.25) is 0 Å². The summed E-state index contributed by atoms with van der Waals surface area (Å²) in [5.41, 5.74) is 3.29. The fourth-order valence-corrected chi connectivity index (χ4v) is 3.35. The van der Waals surface area contributed by atoms with Gasteiger partial charge in [0.1, 0.15) is 0 Å². The molecule has 0 bridgehead atoms. The van der Waals surface area contributed by atoms with Gasteiger partial charge in [-0.1, -0.05) is 24.3 Å². The van der Waals surface area contributed by atoms with Crippen molar-refractivity contribution in [2.24, 2.45) is 0 Å². The molecule has 4 rings (SSSR count). The molecule has 2 aliphatic rings. The Morgan fingerprint density at radius 2 is 1.21 bits per heavy atom. The fourth-order valence-electron chi connectivity index (χ4n) is 3.35. The van der Waals surface area contributed by atoms with E-state index >= 15 is 0 Å². The normalized spacial score (nSPS) is 19.1. The predicted molar refractivity (Wildman–Crippen MR) is 95.5 cm³/mol. The highest BCUT2D eigenvalue weighted by Crippen LogP contribution is 2.34. The Morgan fingerprint density at radius 1 is 0.793 bits per heavy atom. The Kier molecular flexibility index (Phi) is 4.54. The van der Waals surface area contributed by atoms with Gasteiger partial charge >= 0.3 is 23.9 Å². The number of ether oxygens (including phenoxy) is 4. The summed E-state index contributed by atoms with van der Waals surface area (Å²) in [6.45, 7) is 2.48. The van der Waals surface area contributed by atoms with Crippen LogP contribution < -0.4 is 0 Å². The van der Waals surface area contributed by atoms with Crippen molar-refractivity contribution in [2.45, 2.75) is 32.8 Å². The first-order valence-electron chi connectivity index (χ1n) is 8.84. The van der Waals surface area contributed by atoms with E-state index < -0.39 is 36.5 Å². The number of fused-ring (bicyclic) bond motifs is 2. The molecule has 8 heteroatoms. The second-order valence-corrected chi connectivity index (χ2v) is 6.71. The van der Waals surface area contributed by atoms with Crippen molar-refractivity contribution in [2.75, 3.05) is 0 Å². The average molecular weight is 396 g/mol. The Morgan fingerprint density at radius 3 is 1.59 bits per heavy atom. The topological polar surface area (TPSA) is 105 Å². The van der Waals surface area contributed by atoms with Gasteiger partial charge in [0, 0.05) is 25.0 Å². The third-order valence-corrected chi connectivity index (χ3v) is 4.57. The molecule has 0 aromatic heterocycles. The van der Waals surface area contributed by atoms with Crippen molar-refractivity contribution in [1.29, 1.82) is 0 Å². The molecule has 0 spiro atoms. The van der Waals surface area contributed by atoms with Crippen LogP contribution in [0.4, 0.5) is 0 Å². The minimum absolute atomic E-state index is 0.337. The van der Waals surface area contributed by atoms with Gasteiger partial charge in [-0.05, 0) is 29.7 Å². The highest BCUT2D eigenvalue weighted by atomic mass is 16.7. The molecule has 0 radical (unpaired) electrons. The number of benzene rings is 2. The van der Waals surface area contributed by atoms with E-state index in [1.807, 2.05) is 0 Å². The standard InChI is InChI=1S/C21H16O8/c1-10(22)26-20-14-5-3-12(8-16(14)18(24)28-20)7-13-4-6-15-17(9-13)19(25)29-21(15)27-11(2)23/h3-6,8-9,20-21H,7H2,1-2H3. The molecule has 0 amide bonds. The molecule has 29 heavy (non-hydrogen) atoms. The Balaban J connectivity index is 1.57. The summed E-state index contributed by atoms with van der Waals surface area (Å²) in [5, 5.41) is 0. The van der Waals surface area contributed by atoms with Gasteiger partial charge in [-0.3, -0.25) is 9.59 Å². The van der Waals surface area contributed by atoms with Crippen LogP contribution in [-0.4, -0.2) is 23.9 Å². The second-order valence-electron chi connectivity index (χ2n) is 6.71. The average Bonchev–Trinajstić information content (AvgIpc) is 3.11. The Labute approximate surface area is 165 Å². The second kappa shape index (κ2) is 7.05. The van der Waals surface area contributed by atoms with Crippen LogP contribution in [-0.2, 0) is 35.0 Å². The number of esters is 4. The first-order chi connectivity index (χ1) is 13.8. The van der Waals surface area contributed by atoms with Gasteiger partial charge in [0.2, 0.25) is 0 Å². The van der Waals surface area contributed by atoms with Gasteiger partial charge in [-0.25, -0.2) is 9.59 Å². The smallest absolute Gasteiger partial charge is 0.342 e. The molecule has 148 valence electrons. The molecule has 2 aliphatic heterocycles. The SMILES string of the molecule is CC(=O)OC1OC(=O)c2cc(Cc3ccc4c(c3)C(=O)OC4OC(C)=O)ccc21. The molecule has 2 unspecified atom stereocenters. The molecule has 0 N–H and O–H groups in total. The summed E-state index contributed by atoms with van der Waals surface area (Å²) in [6, 6.07) is 10.3. The van der Waals surface area contributed by atoms with Crippen molar-refractivity contribution < 1.29 is 38.1 Å². The lowest BCUT2D eigenvalue weighted by molar-refractivity contribution is -0.166. The van der Waals surface area contributed by atoms with Crippen molar-refractivity contribution >= 4 is 23.9 Å². The maximum absolute atomic E-state index is 12.1. The summed E-state index contributed by atoms with van der Waals surface area (Å²) in [5.74, 6) is -2.21. The summed E-state index contributed by atoms with van der Waals surface area (Å²) in [6.07, 6.45) is -1.62. The van der Waals surface area contributed by atoms with E-state index in [1.54, 1.807) is 36.4 Å². The van der Waals surface area contributed by atoms with Gasteiger partial charge in [0.05, 0.1) is 11.1 Å². The molecular weight excluding hydrogens is 380 g/mol. The van der Waals surface area contributed by atoms with E-state index in [9.17, 15) is 19.2 Å². The summed E-state index contributed by atoms with van der Waals surface area (Å²) >= 11 is 0. The van der Waals surface area contributed by atoms with E-state index in [0.717, 1.165) is 11.1 Å². The van der Waals surface area contributed by atoms with Crippen LogP contribution in [0.3, 0.4) is 0 Å². The molecule has 2 aromatic rings. The minimum Gasteiger partial charge on any atom is -0.421 e. The molecule has 8 nitrogen and oxygen atoms in total. The van der Waals surface area contributed by atoms with Crippen LogP contribution in [0, 0.1) is 0 Å². The van der Waals surface area contributed by atoms with Gasteiger partial charge in [-0.15, -0.1) is 0 Å². The number of cyclic esters (lactones) is 2. The quantitative estimate of drug-likeness (QED) is 0.727. The zero-order valence-electron chi connectivity index (χ0n) is 15.6. The number of carbonyl (C=O) groups excluding carboxylic acids is 4. The summed E-state index contributed by atoms with van der Waals surface area (Å²) < 4.78 is 20.2. The van der Waals surface area contributed by atoms with Crippen LogP contribution in [0.1, 0.15) is 69.4 Å². The minimum atomic E-state index is -1.03. The van der Waals surface area contributed by atoms with Gasteiger partial charge < -0.3 is 18.9 Å². The van der Waals surface area contributed by atoms with E-state index in [2.05, 4.69) is 0 Å². The maximum atomic E-state index is 12.1. The van der Waals surface area contributed by atoms with E-state index in [4.69, 9.17) is 18.9 Å². The molecular formula is C21H16O8. The summed E-state index contributed by atoms with van der Waals surface area (Å²) in [4.78, 5) is 46.4. The lowest BCUT2D eigenvalue weighted by Gasteiger charge is -2.11. The van der Waals surface area contributed by atoms with Crippen molar-refractivity contribution in [3.63, 3.8) is 0 Å². The Hall–Kier alpha value is -3.68. The third kappa shape index (κ3) is 3.56. The van der Waals surface area contributed by atoms with Gasteiger partial charge in [0.25, 0.3) is 12.6 Å². The van der Waals surface area contributed by atoms with Crippen LogP contribution in [0.25, 0.3) is 0 Å². The molecule has 2 heterocycles. The molecule has 0 saturated carbocycles. The zero-order valence-corrected chi connectivity index (χ0v) is 15.6. The van der Waals surface area contributed by atoms with Gasteiger partial charge in [-0.2, -0.15) is 0 Å². The monoisotopic (exact) mass is 396 g/mol. The fraction of sp³-hybridized carbons (Fsp3) is 0.238. The van der Waals surface area contributed by atoms with E-state index in [-0.39, 0.29) is 0 Å². The number of hydrogen-bond donors (Lipinski definition) is 0. The van der Waals surface area contributed by atoms with Gasteiger partial charge in [0.15, 0.2) is 0 Å². The first kappa shape index (κ1) is 18.7. The largest absolute Gasteiger partial charge is 0.421 e. The molecule has 0 saturated heterocycles. The lowest BCUT2D eigenvalue weighted by Crippen LogP contribution is -2.07. The molecule has 0 aliphatic carbocycles. The zero-order chi connectivity index (χ0) is 20.7. The highest BCUT2D eigenvalue weighted by molar-refractivity contribution is 5.95. The number of carbonyl (C=O) groups is 4. The van der Waals surface area contributed by atoms with Crippen LogP contribution in [0.15, 0.2) is 36.4 Å². The van der Waals surface area contributed by atoms with E-state index in [0.29, 0.717) is 28.7 Å². The molecule has 2 aromatic carbocycles. The van der Waals surface area contributed by atoms with Crippen LogP contribution in [0.5, 0.6) is 0 Å². The van der Waals surface area contributed by atoms with Crippen molar-refractivity contribution in [3.8, 4) is 0 Å². The van der Waals surface area contributed by atoms with E-state index in [1.165, 1.54) is 13.8 Å².